The van der Waals surface area contributed by atoms with Crippen molar-refractivity contribution in [2.45, 2.75) is 33.2 Å². The molecule has 0 unspecified atom stereocenters. The summed E-state index contributed by atoms with van der Waals surface area (Å²) in [6.07, 6.45) is 3.01. The summed E-state index contributed by atoms with van der Waals surface area (Å²) in [5.74, 6) is -0.222. The van der Waals surface area contributed by atoms with Crippen LogP contribution in [-0.2, 0) is 28.9 Å². The molecule has 0 saturated heterocycles. The molecule has 3 aromatic rings. The molecule has 1 aromatic heterocycles. The Labute approximate surface area is 178 Å². The number of rotatable bonds is 7. The van der Waals surface area contributed by atoms with Crippen molar-refractivity contribution in [2.75, 3.05) is 18.7 Å². The number of amides is 1. The number of hydrogen-bond donors (Lipinski definition) is 0. The number of halogens is 1. The van der Waals surface area contributed by atoms with E-state index < -0.39 is 0 Å². The molecule has 2 aromatic carbocycles. The summed E-state index contributed by atoms with van der Waals surface area (Å²) < 4.78 is 7.47. The zero-order chi connectivity index (χ0) is 21.0. The number of aromatic nitrogens is 2. The highest BCUT2D eigenvalue weighted by Gasteiger charge is 2.22. The highest BCUT2D eigenvalue weighted by atomic mass is 79.9. The molecule has 29 heavy (non-hydrogen) atoms. The number of fused-ring (bicyclic) bond motifs is 1. The van der Waals surface area contributed by atoms with E-state index >= 15 is 0 Å². The van der Waals surface area contributed by atoms with Crippen molar-refractivity contribution < 1.29 is 9.53 Å². The summed E-state index contributed by atoms with van der Waals surface area (Å²) in [4.78, 5) is 32.1. The van der Waals surface area contributed by atoms with Crippen LogP contribution in [0, 0.1) is 0 Å². The predicted octanol–water partition coefficient (Wildman–Crippen LogP) is 3.92. The molecule has 0 aliphatic carbocycles. The van der Waals surface area contributed by atoms with Gasteiger partial charge in [-0.3, -0.25) is 19.1 Å². The number of anilines is 1. The summed E-state index contributed by atoms with van der Waals surface area (Å²) in [7, 11) is 1.56. The first-order chi connectivity index (χ1) is 14.0. The van der Waals surface area contributed by atoms with Crippen LogP contribution in [-0.4, -0.2) is 29.3 Å². The molecule has 0 spiro atoms. The largest absolute Gasteiger partial charge is 0.364 e. The zero-order valence-electron chi connectivity index (χ0n) is 16.8. The Balaban J connectivity index is 2.01. The molecular formula is C22H24BrN3O3. The predicted molar refractivity (Wildman–Crippen MR) is 118 cm³/mol. The van der Waals surface area contributed by atoms with Gasteiger partial charge in [-0.15, -0.1) is 0 Å². The summed E-state index contributed by atoms with van der Waals surface area (Å²) in [6.45, 7) is 4.12. The summed E-state index contributed by atoms with van der Waals surface area (Å²) >= 11 is 3.38. The Morgan fingerprint density at radius 2 is 1.86 bits per heavy atom. The highest BCUT2D eigenvalue weighted by Crippen LogP contribution is 2.27. The van der Waals surface area contributed by atoms with Crippen molar-refractivity contribution in [3.05, 3.63) is 68.7 Å². The quantitative estimate of drug-likeness (QED) is 0.504. The van der Waals surface area contributed by atoms with E-state index in [-0.39, 0.29) is 24.7 Å². The van der Waals surface area contributed by atoms with Gasteiger partial charge in [0.05, 0.1) is 22.9 Å². The van der Waals surface area contributed by atoms with Crippen LogP contribution < -0.4 is 10.5 Å². The summed E-state index contributed by atoms with van der Waals surface area (Å²) in [5, 5.41) is 0.469. The average molecular weight is 458 g/mol. The number of nitrogens with zero attached hydrogens (tertiary/aromatic N) is 3. The Bertz CT molecular complexity index is 1070. The van der Waals surface area contributed by atoms with E-state index in [9.17, 15) is 9.59 Å². The van der Waals surface area contributed by atoms with Crippen LogP contribution in [0.1, 0.15) is 25.0 Å². The van der Waals surface area contributed by atoms with E-state index in [1.807, 2.05) is 24.3 Å². The Kier molecular flexibility index (Phi) is 6.82. The number of carbonyl (C=O) groups excluding carboxylic acids is 1. The van der Waals surface area contributed by atoms with Gasteiger partial charge >= 0.3 is 0 Å². The number of ether oxygens (including phenoxy) is 1. The number of benzene rings is 2. The molecule has 0 aliphatic heterocycles. The van der Waals surface area contributed by atoms with Gasteiger partial charge in [0.2, 0.25) is 5.91 Å². The van der Waals surface area contributed by atoms with Crippen molar-refractivity contribution in [2.24, 2.45) is 0 Å². The normalized spacial score (nSPS) is 11.0. The number of methoxy groups -OCH3 is 1. The van der Waals surface area contributed by atoms with E-state index in [0.717, 1.165) is 34.1 Å². The minimum atomic E-state index is -0.249. The van der Waals surface area contributed by atoms with Crippen molar-refractivity contribution in [1.29, 1.82) is 0 Å². The van der Waals surface area contributed by atoms with Crippen LogP contribution in [0.2, 0.25) is 0 Å². The lowest BCUT2D eigenvalue weighted by atomic mass is 10.0. The second-order valence-electron chi connectivity index (χ2n) is 6.71. The Morgan fingerprint density at radius 1 is 1.17 bits per heavy atom. The SMILES string of the molecule is CCc1cccc(CC)c1N(COC)C(=O)Cn1cnc2ccc(Br)cc2c1=O. The number of aryl methyl sites for hydroxylation is 2. The van der Waals surface area contributed by atoms with Gasteiger partial charge in [-0.05, 0) is 42.2 Å². The van der Waals surface area contributed by atoms with Gasteiger partial charge in [-0.1, -0.05) is 48.0 Å². The van der Waals surface area contributed by atoms with Crippen LogP contribution in [0.15, 0.2) is 52.0 Å². The molecule has 1 amide bonds. The zero-order valence-corrected chi connectivity index (χ0v) is 18.4. The van der Waals surface area contributed by atoms with Crippen LogP contribution in [0.3, 0.4) is 0 Å². The molecular weight excluding hydrogens is 434 g/mol. The lowest BCUT2D eigenvalue weighted by molar-refractivity contribution is -0.120. The minimum absolute atomic E-state index is 0.112. The third-order valence-electron chi connectivity index (χ3n) is 4.89. The van der Waals surface area contributed by atoms with Crippen LogP contribution in [0.5, 0.6) is 0 Å². The van der Waals surface area contributed by atoms with E-state index in [1.165, 1.54) is 10.9 Å². The molecule has 0 N–H and O–H groups in total. The number of carbonyl (C=O) groups is 1. The lowest BCUT2D eigenvalue weighted by Gasteiger charge is -2.27. The first-order valence-electron chi connectivity index (χ1n) is 9.54. The van der Waals surface area contributed by atoms with Gasteiger partial charge < -0.3 is 4.74 Å². The fourth-order valence-corrected chi connectivity index (χ4v) is 3.79. The second kappa shape index (κ2) is 9.33. The number of hydrogen-bond acceptors (Lipinski definition) is 4. The first kappa shape index (κ1) is 21.2. The van der Waals surface area contributed by atoms with E-state index in [4.69, 9.17) is 4.74 Å². The fourth-order valence-electron chi connectivity index (χ4n) is 3.43. The van der Waals surface area contributed by atoms with Gasteiger partial charge in [0.1, 0.15) is 13.3 Å². The molecule has 6 nitrogen and oxygen atoms in total. The molecule has 0 radical (unpaired) electrons. The fraction of sp³-hybridized carbons (Fsp3) is 0.318. The standard InChI is InChI=1S/C22H24BrN3O3/c1-4-15-7-6-8-16(5-2)21(15)26(14-29-3)20(27)12-25-13-24-19-10-9-17(23)11-18(19)22(25)28/h6-11,13H,4-5,12,14H2,1-3H3. The topological polar surface area (TPSA) is 64.4 Å². The second-order valence-corrected chi connectivity index (χ2v) is 7.63. The molecule has 0 bridgehead atoms. The van der Waals surface area contributed by atoms with E-state index in [0.29, 0.717) is 10.9 Å². The molecule has 0 atom stereocenters. The van der Waals surface area contributed by atoms with Crippen molar-refractivity contribution >= 4 is 38.4 Å². The molecule has 1 heterocycles. The van der Waals surface area contributed by atoms with E-state index in [1.54, 1.807) is 24.1 Å². The maximum atomic E-state index is 13.2. The Hall–Kier alpha value is -2.51. The van der Waals surface area contributed by atoms with Crippen molar-refractivity contribution in [1.82, 2.24) is 9.55 Å². The van der Waals surface area contributed by atoms with Gasteiger partial charge in [0.15, 0.2) is 0 Å². The molecule has 0 aliphatic rings. The molecule has 152 valence electrons. The van der Waals surface area contributed by atoms with Crippen LogP contribution in [0.4, 0.5) is 5.69 Å². The summed E-state index contributed by atoms with van der Waals surface area (Å²) in [6, 6.07) is 11.4. The molecule has 3 rings (SSSR count). The van der Waals surface area contributed by atoms with Gasteiger partial charge in [0, 0.05) is 11.6 Å². The average Bonchev–Trinajstić information content (AvgIpc) is 2.73. The van der Waals surface area contributed by atoms with Crippen molar-refractivity contribution in [3.63, 3.8) is 0 Å². The molecule has 0 fully saturated rings. The van der Waals surface area contributed by atoms with E-state index in [2.05, 4.69) is 34.8 Å². The third kappa shape index (κ3) is 4.41. The van der Waals surface area contributed by atoms with Crippen molar-refractivity contribution in [3.8, 4) is 0 Å². The Morgan fingerprint density at radius 3 is 2.48 bits per heavy atom. The molecule has 7 heteroatoms. The third-order valence-corrected chi connectivity index (χ3v) is 5.38. The van der Waals surface area contributed by atoms with Gasteiger partial charge in [-0.2, -0.15) is 0 Å². The minimum Gasteiger partial charge on any atom is -0.364 e. The first-order valence-corrected chi connectivity index (χ1v) is 10.3. The lowest BCUT2D eigenvalue weighted by Crippen LogP contribution is -2.39. The monoisotopic (exact) mass is 457 g/mol. The maximum absolute atomic E-state index is 13.2. The molecule has 0 saturated carbocycles. The number of para-hydroxylation sites is 1. The van der Waals surface area contributed by atoms with Gasteiger partial charge in [0.25, 0.3) is 5.56 Å². The van der Waals surface area contributed by atoms with Crippen LogP contribution in [0.25, 0.3) is 10.9 Å². The maximum Gasteiger partial charge on any atom is 0.261 e. The van der Waals surface area contributed by atoms with Gasteiger partial charge in [-0.25, -0.2) is 4.98 Å². The highest BCUT2D eigenvalue weighted by molar-refractivity contribution is 9.10. The summed E-state index contributed by atoms with van der Waals surface area (Å²) in [5.41, 5.74) is 3.36. The smallest absolute Gasteiger partial charge is 0.261 e. The van der Waals surface area contributed by atoms with Crippen LogP contribution >= 0.6 is 15.9 Å².